The Bertz CT molecular complexity index is 759. The minimum Gasteiger partial charge on any atom is -0.469 e. The molecule has 0 aliphatic carbocycles. The van der Waals surface area contributed by atoms with Crippen LogP contribution >= 0.6 is 0 Å². The van der Waals surface area contributed by atoms with Crippen molar-refractivity contribution in [3.63, 3.8) is 0 Å². The van der Waals surface area contributed by atoms with Crippen molar-refractivity contribution in [3.8, 4) is 0 Å². The molecule has 7 heteroatoms. The van der Waals surface area contributed by atoms with Gasteiger partial charge in [0.25, 0.3) is 11.6 Å². The van der Waals surface area contributed by atoms with Gasteiger partial charge in [0.05, 0.1) is 18.5 Å². The SMILES string of the molecule is COC(=O)CCN(CCc1ccccc1)C(=O)c1ccc([N+](=O)[O-])cc1. The number of carbonyl (C=O) groups is 2. The van der Waals surface area contributed by atoms with Crippen LogP contribution < -0.4 is 0 Å². The molecule has 0 unspecified atom stereocenters. The summed E-state index contributed by atoms with van der Waals surface area (Å²) in [6, 6.07) is 15.1. The third-order valence-electron chi connectivity index (χ3n) is 3.94. The second-order valence-corrected chi connectivity index (χ2v) is 5.66. The fourth-order valence-electron chi connectivity index (χ4n) is 2.46. The van der Waals surface area contributed by atoms with Crippen molar-refractivity contribution in [2.75, 3.05) is 20.2 Å². The van der Waals surface area contributed by atoms with Crippen LogP contribution in [0.4, 0.5) is 5.69 Å². The van der Waals surface area contributed by atoms with Gasteiger partial charge in [0.1, 0.15) is 0 Å². The van der Waals surface area contributed by atoms with Crippen molar-refractivity contribution < 1.29 is 19.2 Å². The molecule has 0 N–H and O–H groups in total. The van der Waals surface area contributed by atoms with Crippen molar-refractivity contribution in [2.24, 2.45) is 0 Å². The van der Waals surface area contributed by atoms with Crippen LogP contribution in [0.2, 0.25) is 0 Å². The summed E-state index contributed by atoms with van der Waals surface area (Å²) in [5.41, 5.74) is 1.34. The number of non-ortho nitro benzene ring substituents is 1. The van der Waals surface area contributed by atoms with Crippen LogP contribution in [0.3, 0.4) is 0 Å². The molecule has 2 aromatic rings. The molecule has 0 fully saturated rings. The van der Waals surface area contributed by atoms with Gasteiger partial charge in [0.2, 0.25) is 0 Å². The number of ether oxygens (including phenoxy) is 1. The van der Waals surface area contributed by atoms with Gasteiger partial charge in [-0.05, 0) is 24.1 Å². The lowest BCUT2D eigenvalue weighted by Crippen LogP contribution is -2.35. The van der Waals surface area contributed by atoms with Gasteiger partial charge in [0, 0.05) is 30.8 Å². The highest BCUT2D eigenvalue weighted by molar-refractivity contribution is 5.94. The van der Waals surface area contributed by atoms with Crippen LogP contribution in [-0.4, -0.2) is 41.9 Å². The van der Waals surface area contributed by atoms with Crippen LogP contribution in [0.1, 0.15) is 22.3 Å². The first-order chi connectivity index (χ1) is 12.5. The van der Waals surface area contributed by atoms with Gasteiger partial charge in [-0.15, -0.1) is 0 Å². The summed E-state index contributed by atoms with van der Waals surface area (Å²) in [7, 11) is 1.30. The molecule has 0 spiro atoms. The van der Waals surface area contributed by atoms with Gasteiger partial charge >= 0.3 is 5.97 Å². The molecule has 0 radical (unpaired) electrons. The van der Waals surface area contributed by atoms with Crippen LogP contribution in [0, 0.1) is 10.1 Å². The van der Waals surface area contributed by atoms with Crippen molar-refractivity contribution >= 4 is 17.6 Å². The highest BCUT2D eigenvalue weighted by Gasteiger charge is 2.18. The minimum atomic E-state index is -0.515. The van der Waals surface area contributed by atoms with E-state index in [0.717, 1.165) is 5.56 Å². The maximum Gasteiger partial charge on any atom is 0.307 e. The van der Waals surface area contributed by atoms with E-state index in [1.807, 2.05) is 30.3 Å². The van der Waals surface area contributed by atoms with Gasteiger partial charge in [0.15, 0.2) is 0 Å². The highest BCUT2D eigenvalue weighted by atomic mass is 16.6. The monoisotopic (exact) mass is 356 g/mol. The van der Waals surface area contributed by atoms with Gasteiger partial charge in [-0.25, -0.2) is 0 Å². The van der Waals surface area contributed by atoms with Crippen LogP contribution in [0.5, 0.6) is 0 Å². The average molecular weight is 356 g/mol. The number of esters is 1. The quantitative estimate of drug-likeness (QED) is 0.412. The summed E-state index contributed by atoms with van der Waals surface area (Å²) >= 11 is 0. The van der Waals surface area contributed by atoms with E-state index in [2.05, 4.69) is 4.74 Å². The normalized spacial score (nSPS) is 10.2. The summed E-state index contributed by atoms with van der Waals surface area (Å²) < 4.78 is 4.64. The molecule has 2 rings (SSSR count). The maximum atomic E-state index is 12.8. The Balaban J connectivity index is 2.11. The van der Waals surface area contributed by atoms with E-state index in [9.17, 15) is 19.7 Å². The Labute approximate surface area is 151 Å². The molecule has 136 valence electrons. The van der Waals surface area contributed by atoms with Gasteiger partial charge in [-0.3, -0.25) is 19.7 Å². The van der Waals surface area contributed by atoms with Crippen LogP contribution in [0.15, 0.2) is 54.6 Å². The number of hydrogen-bond acceptors (Lipinski definition) is 5. The topological polar surface area (TPSA) is 89.8 Å². The Morgan fingerprint density at radius 1 is 1.04 bits per heavy atom. The first kappa shape index (κ1) is 19.1. The standard InChI is InChI=1S/C19H20N2O5/c1-26-18(22)12-14-20(13-11-15-5-3-2-4-6-15)19(23)16-7-9-17(10-8-16)21(24)25/h2-10H,11-14H2,1H3. The highest BCUT2D eigenvalue weighted by Crippen LogP contribution is 2.14. The van der Waals surface area contributed by atoms with E-state index in [1.54, 1.807) is 4.90 Å². The Hall–Kier alpha value is -3.22. The van der Waals surface area contributed by atoms with Gasteiger partial charge < -0.3 is 9.64 Å². The average Bonchev–Trinajstić information content (AvgIpc) is 2.68. The lowest BCUT2D eigenvalue weighted by Gasteiger charge is -2.22. The molecule has 1 amide bonds. The van der Waals surface area contributed by atoms with Crippen molar-refractivity contribution in [2.45, 2.75) is 12.8 Å². The molecule has 0 saturated heterocycles. The first-order valence-electron chi connectivity index (χ1n) is 8.15. The summed E-state index contributed by atoms with van der Waals surface area (Å²) in [5, 5.41) is 10.7. The molecule has 0 saturated carbocycles. The molecular weight excluding hydrogens is 336 g/mol. The number of methoxy groups -OCH3 is 1. The predicted molar refractivity (Wildman–Crippen MR) is 95.8 cm³/mol. The number of amides is 1. The van der Waals surface area contributed by atoms with Crippen molar-refractivity contribution in [3.05, 3.63) is 75.8 Å². The molecular formula is C19H20N2O5. The summed E-state index contributed by atoms with van der Waals surface area (Å²) in [5.74, 6) is -0.675. The number of carbonyl (C=O) groups excluding carboxylic acids is 2. The zero-order chi connectivity index (χ0) is 18.9. The summed E-state index contributed by atoms with van der Waals surface area (Å²) in [4.78, 5) is 36.0. The minimum absolute atomic E-state index is 0.0769. The van der Waals surface area contributed by atoms with Crippen LogP contribution in [0.25, 0.3) is 0 Å². The second-order valence-electron chi connectivity index (χ2n) is 5.66. The number of nitro groups is 1. The zero-order valence-electron chi connectivity index (χ0n) is 14.5. The third-order valence-corrected chi connectivity index (χ3v) is 3.94. The molecule has 0 aromatic heterocycles. The Kier molecular flexibility index (Phi) is 6.84. The van der Waals surface area contributed by atoms with E-state index >= 15 is 0 Å². The van der Waals surface area contributed by atoms with E-state index in [4.69, 9.17) is 0 Å². The van der Waals surface area contributed by atoms with Gasteiger partial charge in [-0.2, -0.15) is 0 Å². The molecule has 0 bridgehead atoms. The van der Waals surface area contributed by atoms with Crippen molar-refractivity contribution in [1.82, 2.24) is 4.90 Å². The molecule has 7 nitrogen and oxygen atoms in total. The molecule has 2 aromatic carbocycles. The fourth-order valence-corrected chi connectivity index (χ4v) is 2.46. The second kappa shape index (κ2) is 9.31. The van der Waals surface area contributed by atoms with Crippen LogP contribution in [-0.2, 0) is 16.0 Å². The van der Waals surface area contributed by atoms with E-state index < -0.39 is 10.9 Å². The van der Waals surface area contributed by atoms with E-state index in [1.165, 1.54) is 31.4 Å². The molecule has 0 atom stereocenters. The van der Waals surface area contributed by atoms with Gasteiger partial charge in [-0.1, -0.05) is 30.3 Å². The summed E-state index contributed by atoms with van der Waals surface area (Å²) in [6.45, 7) is 0.645. The zero-order valence-corrected chi connectivity index (χ0v) is 14.5. The fraction of sp³-hybridized carbons (Fsp3) is 0.263. The molecule has 0 heterocycles. The molecule has 26 heavy (non-hydrogen) atoms. The molecule has 0 aliphatic heterocycles. The number of nitrogens with zero attached hydrogens (tertiary/aromatic N) is 2. The van der Waals surface area contributed by atoms with E-state index in [-0.39, 0.29) is 24.6 Å². The first-order valence-corrected chi connectivity index (χ1v) is 8.15. The van der Waals surface area contributed by atoms with E-state index in [0.29, 0.717) is 18.5 Å². The smallest absolute Gasteiger partial charge is 0.307 e. The lowest BCUT2D eigenvalue weighted by atomic mass is 10.1. The van der Waals surface area contributed by atoms with Crippen molar-refractivity contribution in [1.29, 1.82) is 0 Å². The maximum absolute atomic E-state index is 12.8. The Morgan fingerprint density at radius 2 is 1.69 bits per heavy atom. The predicted octanol–water partition coefficient (Wildman–Crippen LogP) is 2.84. The number of rotatable bonds is 8. The number of nitro benzene ring substituents is 1. The number of hydrogen-bond donors (Lipinski definition) is 0. The Morgan fingerprint density at radius 3 is 2.27 bits per heavy atom. The summed E-state index contributed by atoms with van der Waals surface area (Å²) in [6.07, 6.45) is 0.727. The largest absolute Gasteiger partial charge is 0.469 e. The number of benzene rings is 2. The molecule has 0 aliphatic rings. The third kappa shape index (κ3) is 5.41. The lowest BCUT2D eigenvalue weighted by molar-refractivity contribution is -0.384.